The van der Waals surface area contributed by atoms with Gasteiger partial charge in [0.15, 0.2) is 12.3 Å². The fourth-order valence-corrected chi connectivity index (χ4v) is 2.80. The Kier molecular flexibility index (Phi) is 3.93. The number of amides is 1. The highest BCUT2D eigenvalue weighted by Gasteiger charge is 2.25. The van der Waals surface area contributed by atoms with Crippen LogP contribution in [0.1, 0.15) is 5.56 Å². The van der Waals surface area contributed by atoms with E-state index in [1.54, 1.807) is 24.1 Å². The van der Waals surface area contributed by atoms with E-state index in [4.69, 9.17) is 9.47 Å². The second-order valence-electron chi connectivity index (χ2n) is 5.92. The number of likely N-dealkylation sites (N-methyl/N-ethyl adjacent to an activating group) is 1. The number of para-hydroxylation sites is 1. The maximum atomic E-state index is 12.3. The summed E-state index contributed by atoms with van der Waals surface area (Å²) in [4.78, 5) is 13.9. The minimum Gasteiger partial charge on any atom is -0.488 e. The van der Waals surface area contributed by atoms with Crippen molar-refractivity contribution in [3.05, 3.63) is 48.3 Å². The van der Waals surface area contributed by atoms with Gasteiger partial charge >= 0.3 is 0 Å². The van der Waals surface area contributed by atoms with E-state index in [0.717, 1.165) is 12.2 Å². The van der Waals surface area contributed by atoms with Gasteiger partial charge in [0.2, 0.25) is 5.88 Å². The van der Waals surface area contributed by atoms with Gasteiger partial charge in [-0.3, -0.25) is 4.79 Å². The molecule has 1 amide bonds. The van der Waals surface area contributed by atoms with Gasteiger partial charge in [-0.25, -0.2) is 0 Å². The molecule has 0 bridgehead atoms. The van der Waals surface area contributed by atoms with Crippen LogP contribution in [0.3, 0.4) is 0 Å². The number of hydrogen-bond donors (Lipinski definition) is 0. The summed E-state index contributed by atoms with van der Waals surface area (Å²) in [5.74, 6) is 1.11. The molecule has 25 heavy (non-hydrogen) atoms. The molecule has 0 aliphatic carbocycles. The quantitative estimate of drug-likeness (QED) is 0.689. The maximum absolute atomic E-state index is 12.3. The first-order valence-corrected chi connectivity index (χ1v) is 7.97. The fraction of sp³-hybridized carbons (Fsp3) is 0.294. The van der Waals surface area contributed by atoms with Crippen molar-refractivity contribution in [2.75, 3.05) is 20.2 Å². The van der Waals surface area contributed by atoms with Gasteiger partial charge in [0.25, 0.3) is 5.91 Å². The molecule has 2 aromatic heterocycles. The zero-order valence-electron chi connectivity index (χ0n) is 13.7. The average Bonchev–Trinajstić information content (AvgIpc) is 3.24. The number of ether oxygens (including phenoxy) is 2. The highest BCUT2D eigenvalue weighted by Crippen LogP contribution is 2.28. The lowest BCUT2D eigenvalue weighted by Gasteiger charge is -2.21. The number of hydrogen-bond acceptors (Lipinski definition) is 6. The van der Waals surface area contributed by atoms with Crippen molar-refractivity contribution in [2.24, 2.45) is 0 Å². The predicted molar refractivity (Wildman–Crippen MR) is 88.5 cm³/mol. The molecular weight excluding hydrogens is 322 g/mol. The predicted octanol–water partition coefficient (Wildman–Crippen LogP) is 0.965. The van der Waals surface area contributed by atoms with Gasteiger partial charge in [-0.1, -0.05) is 18.2 Å². The maximum Gasteiger partial charge on any atom is 0.260 e. The van der Waals surface area contributed by atoms with Gasteiger partial charge in [0.05, 0.1) is 6.54 Å². The molecular formula is C17H17N5O3. The third-order valence-electron chi connectivity index (χ3n) is 4.10. The lowest BCUT2D eigenvalue weighted by atomic mass is 10.1. The Morgan fingerprint density at radius 1 is 1.36 bits per heavy atom. The van der Waals surface area contributed by atoms with Crippen molar-refractivity contribution in [3.63, 3.8) is 0 Å². The molecule has 0 radical (unpaired) electrons. The van der Waals surface area contributed by atoms with Crippen LogP contribution in [0, 0.1) is 0 Å². The molecule has 0 unspecified atom stereocenters. The van der Waals surface area contributed by atoms with Crippen LogP contribution in [-0.2, 0) is 11.2 Å². The summed E-state index contributed by atoms with van der Waals surface area (Å²) >= 11 is 0. The van der Waals surface area contributed by atoms with E-state index in [-0.39, 0.29) is 18.6 Å². The van der Waals surface area contributed by atoms with E-state index in [1.165, 1.54) is 16.4 Å². The van der Waals surface area contributed by atoms with Crippen molar-refractivity contribution in [1.29, 1.82) is 0 Å². The highest BCUT2D eigenvalue weighted by molar-refractivity contribution is 5.77. The smallest absolute Gasteiger partial charge is 0.260 e. The Labute approximate surface area is 144 Å². The van der Waals surface area contributed by atoms with Crippen LogP contribution in [0.25, 0.3) is 5.65 Å². The van der Waals surface area contributed by atoms with E-state index in [1.807, 2.05) is 24.3 Å². The average molecular weight is 339 g/mol. The highest BCUT2D eigenvalue weighted by atomic mass is 16.5. The van der Waals surface area contributed by atoms with Gasteiger partial charge in [0, 0.05) is 19.5 Å². The zero-order valence-corrected chi connectivity index (χ0v) is 13.7. The molecule has 0 spiro atoms. The summed E-state index contributed by atoms with van der Waals surface area (Å²) in [6.07, 6.45) is 2.25. The lowest BCUT2D eigenvalue weighted by molar-refractivity contribution is -0.133. The molecule has 4 rings (SSSR count). The minimum absolute atomic E-state index is 0.0298. The van der Waals surface area contributed by atoms with E-state index < -0.39 is 0 Å². The molecule has 3 aromatic rings. The first kappa shape index (κ1) is 15.4. The molecule has 3 heterocycles. The van der Waals surface area contributed by atoms with Crippen LogP contribution in [0.4, 0.5) is 0 Å². The third kappa shape index (κ3) is 3.23. The summed E-state index contributed by atoms with van der Waals surface area (Å²) in [6.45, 7) is 0.422. The van der Waals surface area contributed by atoms with Crippen LogP contribution in [0.15, 0.2) is 42.7 Å². The van der Waals surface area contributed by atoms with E-state index >= 15 is 0 Å². The Morgan fingerprint density at radius 3 is 3.12 bits per heavy atom. The zero-order chi connectivity index (χ0) is 17.2. The Hall–Kier alpha value is -3.16. The van der Waals surface area contributed by atoms with Gasteiger partial charge in [-0.05, 0) is 17.7 Å². The van der Waals surface area contributed by atoms with Crippen LogP contribution < -0.4 is 9.47 Å². The Morgan fingerprint density at radius 2 is 2.24 bits per heavy atom. The summed E-state index contributed by atoms with van der Waals surface area (Å²) in [5, 5.41) is 11.8. The number of carbonyl (C=O) groups is 1. The number of rotatable bonds is 5. The van der Waals surface area contributed by atoms with Crippen LogP contribution in [0.5, 0.6) is 11.6 Å². The van der Waals surface area contributed by atoms with E-state index in [2.05, 4.69) is 15.3 Å². The second kappa shape index (κ2) is 6.39. The van der Waals surface area contributed by atoms with E-state index in [9.17, 15) is 4.79 Å². The standard InChI is InChI=1S/C17H17N5O3/c1-21(9-13-8-12-4-2-3-5-14(12)25-13)17(23)10-24-16-7-6-15-19-18-11-22(15)20-16/h2-7,11,13H,8-10H2,1H3/t13-/m0/s1. The molecule has 8 nitrogen and oxygen atoms in total. The molecule has 0 fully saturated rings. The number of carbonyl (C=O) groups excluding carboxylic acids is 1. The third-order valence-corrected chi connectivity index (χ3v) is 4.10. The number of benzene rings is 1. The molecule has 1 aromatic carbocycles. The fourth-order valence-electron chi connectivity index (χ4n) is 2.80. The molecule has 0 saturated heterocycles. The first-order valence-electron chi connectivity index (χ1n) is 7.97. The lowest BCUT2D eigenvalue weighted by Crippen LogP contribution is -2.38. The summed E-state index contributed by atoms with van der Waals surface area (Å²) in [6, 6.07) is 11.3. The Bertz CT molecular complexity index is 885. The molecule has 1 aliphatic rings. The van der Waals surface area contributed by atoms with Gasteiger partial charge < -0.3 is 14.4 Å². The van der Waals surface area contributed by atoms with E-state index in [0.29, 0.717) is 18.1 Å². The molecule has 8 heteroatoms. The monoisotopic (exact) mass is 339 g/mol. The van der Waals surface area contributed by atoms with Crippen molar-refractivity contribution in [1.82, 2.24) is 24.7 Å². The van der Waals surface area contributed by atoms with Crippen LogP contribution in [0.2, 0.25) is 0 Å². The normalized spacial score (nSPS) is 15.6. The van der Waals surface area contributed by atoms with Crippen molar-refractivity contribution in [2.45, 2.75) is 12.5 Å². The van der Waals surface area contributed by atoms with Crippen molar-refractivity contribution < 1.29 is 14.3 Å². The molecule has 0 N–H and O–H groups in total. The molecule has 128 valence electrons. The number of fused-ring (bicyclic) bond motifs is 2. The molecule has 1 aliphatic heterocycles. The second-order valence-corrected chi connectivity index (χ2v) is 5.92. The largest absolute Gasteiger partial charge is 0.488 e. The number of aromatic nitrogens is 4. The molecule has 0 saturated carbocycles. The first-order chi connectivity index (χ1) is 12.2. The summed E-state index contributed by atoms with van der Waals surface area (Å²) < 4.78 is 12.8. The topological polar surface area (TPSA) is 81.8 Å². The Balaban J connectivity index is 1.30. The minimum atomic E-state index is -0.134. The van der Waals surface area contributed by atoms with Gasteiger partial charge in [0.1, 0.15) is 18.2 Å². The number of nitrogens with zero attached hydrogens (tertiary/aromatic N) is 5. The van der Waals surface area contributed by atoms with Crippen molar-refractivity contribution >= 4 is 11.6 Å². The summed E-state index contributed by atoms with van der Waals surface area (Å²) in [5.41, 5.74) is 1.80. The van der Waals surface area contributed by atoms with Gasteiger partial charge in [-0.15, -0.1) is 15.3 Å². The van der Waals surface area contributed by atoms with Crippen LogP contribution >= 0.6 is 0 Å². The van der Waals surface area contributed by atoms with Gasteiger partial charge in [-0.2, -0.15) is 4.52 Å². The summed E-state index contributed by atoms with van der Waals surface area (Å²) in [7, 11) is 1.74. The van der Waals surface area contributed by atoms with Crippen molar-refractivity contribution in [3.8, 4) is 11.6 Å². The SMILES string of the molecule is CN(C[C@@H]1Cc2ccccc2O1)C(=O)COc1ccc2nncn2n1. The van der Waals surface area contributed by atoms with Crippen LogP contribution in [-0.4, -0.2) is 56.9 Å². The molecule has 1 atom stereocenters.